The summed E-state index contributed by atoms with van der Waals surface area (Å²) in [5.41, 5.74) is 0.950. The number of piperazine rings is 1. The van der Waals surface area contributed by atoms with Crippen LogP contribution in [0.3, 0.4) is 0 Å². The topological polar surface area (TPSA) is 68.2 Å². The molecule has 30 heavy (non-hydrogen) atoms. The summed E-state index contributed by atoms with van der Waals surface area (Å²) in [6, 6.07) is 7.49. The van der Waals surface area contributed by atoms with Crippen LogP contribution in [-0.2, 0) is 11.2 Å². The number of amides is 1. The van der Waals surface area contributed by atoms with Crippen molar-refractivity contribution in [2.75, 3.05) is 45.9 Å². The molecule has 1 aromatic carbocycles. The molecule has 0 aliphatic carbocycles. The smallest absolute Gasteiger partial charge is 0.227 e. The Morgan fingerprint density at radius 3 is 2.50 bits per heavy atom. The van der Waals surface area contributed by atoms with Gasteiger partial charge in [0.1, 0.15) is 0 Å². The molecule has 2 N–H and O–H groups in total. The zero-order valence-electron chi connectivity index (χ0n) is 18.1. The van der Waals surface area contributed by atoms with Gasteiger partial charge in [-0.05, 0) is 43.4 Å². The number of rotatable bonds is 9. The Kier molecular flexibility index (Phi) is 13.4. The molecule has 1 aromatic rings. The molecule has 6 nitrogen and oxygen atoms in total. The Morgan fingerprint density at radius 2 is 1.90 bits per heavy atom. The van der Waals surface area contributed by atoms with E-state index in [0.717, 1.165) is 57.0 Å². The summed E-state index contributed by atoms with van der Waals surface area (Å²) in [7, 11) is 0. The number of nitrogens with one attached hydrogen (secondary N) is 1. The normalized spacial score (nSPS) is 15.5. The summed E-state index contributed by atoms with van der Waals surface area (Å²) in [5, 5.41) is 13.3. The minimum atomic E-state index is 0. The van der Waals surface area contributed by atoms with E-state index in [4.69, 9.17) is 16.6 Å². The van der Waals surface area contributed by atoms with E-state index in [1.165, 1.54) is 0 Å². The number of benzene rings is 1. The van der Waals surface area contributed by atoms with E-state index in [2.05, 4.69) is 24.1 Å². The second-order valence-corrected chi connectivity index (χ2v) is 7.97. The number of nitrogens with zero attached hydrogens (tertiary/aromatic N) is 3. The first-order chi connectivity index (χ1) is 14.1. The van der Waals surface area contributed by atoms with E-state index in [1.54, 1.807) is 0 Å². The van der Waals surface area contributed by atoms with Gasteiger partial charge in [-0.15, -0.1) is 24.0 Å². The fourth-order valence-corrected chi connectivity index (χ4v) is 3.87. The van der Waals surface area contributed by atoms with Gasteiger partial charge in [-0.3, -0.25) is 9.79 Å². The van der Waals surface area contributed by atoms with Crippen LogP contribution < -0.4 is 5.32 Å². The first-order valence-corrected chi connectivity index (χ1v) is 11.1. The maximum Gasteiger partial charge on any atom is 0.227 e. The third-order valence-corrected chi connectivity index (χ3v) is 5.48. The largest absolute Gasteiger partial charge is 0.396 e. The Hall–Kier alpha value is -1.06. The molecule has 1 saturated heterocycles. The van der Waals surface area contributed by atoms with Crippen molar-refractivity contribution in [1.29, 1.82) is 0 Å². The van der Waals surface area contributed by atoms with Crippen LogP contribution in [-0.4, -0.2) is 72.6 Å². The summed E-state index contributed by atoms with van der Waals surface area (Å²) in [5.74, 6) is 1.47. The van der Waals surface area contributed by atoms with Gasteiger partial charge >= 0.3 is 0 Å². The van der Waals surface area contributed by atoms with Crippen molar-refractivity contribution in [2.45, 2.75) is 39.5 Å². The van der Waals surface area contributed by atoms with Crippen molar-refractivity contribution < 1.29 is 9.90 Å². The van der Waals surface area contributed by atoms with Crippen LogP contribution in [0.4, 0.5) is 0 Å². The van der Waals surface area contributed by atoms with Crippen LogP contribution in [0.5, 0.6) is 0 Å². The lowest BCUT2D eigenvalue weighted by Crippen LogP contribution is -2.54. The van der Waals surface area contributed by atoms with Crippen molar-refractivity contribution in [3.8, 4) is 0 Å². The van der Waals surface area contributed by atoms with E-state index in [1.807, 2.05) is 29.2 Å². The number of carbonyl (C=O) groups is 1. The summed E-state index contributed by atoms with van der Waals surface area (Å²) in [6.45, 7) is 8.91. The Balaban J connectivity index is 0.00000450. The molecule has 1 aliphatic rings. The first kappa shape index (κ1) is 27.0. The molecule has 1 fully saturated rings. The molecular weight excluding hydrogens is 515 g/mol. The molecule has 0 saturated carbocycles. The summed E-state index contributed by atoms with van der Waals surface area (Å²) >= 11 is 6.02. The van der Waals surface area contributed by atoms with Crippen molar-refractivity contribution in [2.24, 2.45) is 10.9 Å². The molecule has 170 valence electrons. The molecule has 1 aliphatic heterocycles. The van der Waals surface area contributed by atoms with Crippen LogP contribution in [0.25, 0.3) is 0 Å². The fraction of sp³-hybridized carbons (Fsp3) is 0.636. The maximum atomic E-state index is 12.6. The number of hydrogen-bond acceptors (Lipinski definition) is 3. The van der Waals surface area contributed by atoms with Crippen molar-refractivity contribution >= 4 is 47.4 Å². The van der Waals surface area contributed by atoms with Gasteiger partial charge in [0, 0.05) is 50.9 Å². The molecular formula is C22H36ClIN4O2. The lowest BCUT2D eigenvalue weighted by Gasteiger charge is -2.36. The van der Waals surface area contributed by atoms with Crippen LogP contribution in [0.1, 0.15) is 38.7 Å². The average molecular weight is 551 g/mol. The number of carbonyl (C=O) groups excluding carboxylic acids is 1. The van der Waals surface area contributed by atoms with E-state index in [9.17, 15) is 9.90 Å². The summed E-state index contributed by atoms with van der Waals surface area (Å²) in [6.07, 6.45) is 3.36. The maximum absolute atomic E-state index is 12.6. The van der Waals surface area contributed by atoms with Gasteiger partial charge in [0.05, 0.1) is 6.42 Å². The highest BCUT2D eigenvalue weighted by molar-refractivity contribution is 14.0. The van der Waals surface area contributed by atoms with Crippen molar-refractivity contribution in [3.05, 3.63) is 34.9 Å². The predicted molar refractivity (Wildman–Crippen MR) is 135 cm³/mol. The highest BCUT2D eigenvalue weighted by Crippen LogP contribution is 2.14. The molecule has 2 rings (SSSR count). The highest BCUT2D eigenvalue weighted by Gasteiger charge is 2.23. The number of aliphatic hydroxyl groups is 1. The molecule has 0 aromatic heterocycles. The third-order valence-electron chi connectivity index (χ3n) is 5.24. The molecule has 1 amide bonds. The van der Waals surface area contributed by atoms with Crippen LogP contribution in [0, 0.1) is 5.92 Å². The van der Waals surface area contributed by atoms with Gasteiger partial charge in [-0.2, -0.15) is 0 Å². The molecule has 0 bridgehead atoms. The number of halogens is 2. The van der Waals surface area contributed by atoms with E-state index in [-0.39, 0.29) is 36.5 Å². The molecule has 1 atom stereocenters. The van der Waals surface area contributed by atoms with E-state index in [0.29, 0.717) is 30.5 Å². The summed E-state index contributed by atoms with van der Waals surface area (Å²) in [4.78, 5) is 21.6. The van der Waals surface area contributed by atoms with Crippen LogP contribution >= 0.6 is 35.6 Å². The minimum Gasteiger partial charge on any atom is -0.396 e. The molecule has 8 heteroatoms. The lowest BCUT2D eigenvalue weighted by molar-refractivity contribution is -0.131. The van der Waals surface area contributed by atoms with E-state index >= 15 is 0 Å². The minimum absolute atomic E-state index is 0. The second kappa shape index (κ2) is 14.9. The Morgan fingerprint density at radius 1 is 1.20 bits per heavy atom. The second-order valence-electron chi connectivity index (χ2n) is 7.54. The van der Waals surface area contributed by atoms with Gasteiger partial charge in [0.15, 0.2) is 5.96 Å². The van der Waals surface area contributed by atoms with Crippen molar-refractivity contribution in [1.82, 2.24) is 15.1 Å². The standard InChI is InChI=1S/C22H35ClN4O2.HI/c1-3-6-18(9-14-28)17-25-22(24-4-2)27-12-10-26(11-13-27)21(29)16-19-7-5-8-20(23)15-19;/h5,7-8,15,18,28H,3-4,6,9-14,16-17H2,1-2H3,(H,24,25);1H. The van der Waals surface area contributed by atoms with Crippen LogP contribution in [0.2, 0.25) is 5.02 Å². The molecule has 1 unspecified atom stereocenters. The predicted octanol–water partition coefficient (Wildman–Crippen LogP) is 3.41. The van der Waals surface area contributed by atoms with Crippen LogP contribution in [0.15, 0.2) is 29.3 Å². The molecule has 0 radical (unpaired) electrons. The average Bonchev–Trinajstić information content (AvgIpc) is 2.71. The van der Waals surface area contributed by atoms with Gasteiger partial charge < -0.3 is 20.2 Å². The fourth-order valence-electron chi connectivity index (χ4n) is 3.66. The monoisotopic (exact) mass is 550 g/mol. The SMILES string of the molecule is CCCC(CCO)CN=C(NCC)N1CCN(C(=O)Cc2cccc(Cl)c2)CC1.I. The molecule has 1 heterocycles. The number of guanidine groups is 1. The first-order valence-electron chi connectivity index (χ1n) is 10.7. The van der Waals surface area contributed by atoms with E-state index < -0.39 is 0 Å². The van der Waals surface area contributed by atoms with Gasteiger partial charge in [0.25, 0.3) is 0 Å². The number of aliphatic hydroxyl groups excluding tert-OH is 1. The zero-order chi connectivity index (χ0) is 21.1. The van der Waals surface area contributed by atoms with Gasteiger partial charge in [-0.25, -0.2) is 0 Å². The quantitative estimate of drug-likeness (QED) is 0.281. The Bertz CT molecular complexity index is 660. The molecule has 0 spiro atoms. The number of hydrogen-bond donors (Lipinski definition) is 2. The number of aliphatic imine (C=N–C) groups is 1. The van der Waals surface area contributed by atoms with Crippen molar-refractivity contribution in [3.63, 3.8) is 0 Å². The summed E-state index contributed by atoms with van der Waals surface area (Å²) < 4.78 is 0. The van der Waals surface area contributed by atoms with Gasteiger partial charge in [0.2, 0.25) is 5.91 Å². The third kappa shape index (κ3) is 8.98. The zero-order valence-corrected chi connectivity index (χ0v) is 21.2. The highest BCUT2D eigenvalue weighted by atomic mass is 127. The Labute approximate surface area is 203 Å². The van der Waals surface area contributed by atoms with Gasteiger partial charge in [-0.1, -0.05) is 37.1 Å². The lowest BCUT2D eigenvalue weighted by atomic mass is 10.0.